The first-order chi connectivity index (χ1) is 13.4. The molecular weight excluding hydrogens is 362 g/mol. The molecule has 0 fully saturated rings. The number of Topliss-reactive ketones (excluding diaryl/α,β-unsaturated/α-hetero) is 1. The van der Waals surface area contributed by atoms with Crippen LogP contribution in [0.1, 0.15) is 41.0 Å². The second kappa shape index (κ2) is 10.1. The number of methoxy groups -OCH3 is 1. The lowest BCUT2D eigenvalue weighted by atomic mass is 10.1. The molecule has 0 bridgehead atoms. The van der Waals surface area contributed by atoms with E-state index in [4.69, 9.17) is 14.2 Å². The highest BCUT2D eigenvalue weighted by Gasteiger charge is 2.14. The van der Waals surface area contributed by atoms with Gasteiger partial charge in [-0.05, 0) is 43.7 Å². The smallest absolute Gasteiger partial charge is 0.338 e. The predicted molar refractivity (Wildman–Crippen MR) is 104 cm³/mol. The van der Waals surface area contributed by atoms with Gasteiger partial charge >= 0.3 is 5.97 Å². The van der Waals surface area contributed by atoms with Crippen molar-refractivity contribution in [2.75, 3.05) is 25.6 Å². The maximum atomic E-state index is 12.2. The Morgan fingerprint density at radius 2 is 1.79 bits per heavy atom. The van der Waals surface area contributed by atoms with Gasteiger partial charge in [0.15, 0.2) is 23.9 Å². The van der Waals surface area contributed by atoms with E-state index >= 15 is 0 Å². The molecule has 0 aliphatic rings. The van der Waals surface area contributed by atoms with Gasteiger partial charge in [-0.1, -0.05) is 19.1 Å². The summed E-state index contributed by atoms with van der Waals surface area (Å²) in [7, 11) is 1.48. The standard InChI is InChI=1S/C21H23NO6/c1-4-10-27-18-9-8-16(12-19(18)26-3)21(25)28-13-20(24)22-17-7-5-6-15(11-17)14(2)23/h5-9,11-12H,4,10,13H2,1-3H3,(H,22,24). The van der Waals surface area contributed by atoms with E-state index in [-0.39, 0.29) is 11.3 Å². The summed E-state index contributed by atoms with van der Waals surface area (Å²) in [6.07, 6.45) is 0.845. The average molecular weight is 385 g/mol. The van der Waals surface area contributed by atoms with E-state index in [0.717, 1.165) is 6.42 Å². The van der Waals surface area contributed by atoms with Crippen LogP contribution in [0.4, 0.5) is 5.69 Å². The third-order valence-corrected chi connectivity index (χ3v) is 3.75. The van der Waals surface area contributed by atoms with Crippen molar-refractivity contribution in [2.45, 2.75) is 20.3 Å². The maximum Gasteiger partial charge on any atom is 0.338 e. The molecule has 0 spiro atoms. The summed E-state index contributed by atoms with van der Waals surface area (Å²) >= 11 is 0. The minimum Gasteiger partial charge on any atom is -0.493 e. The molecule has 0 unspecified atom stereocenters. The molecular formula is C21H23NO6. The number of hydrogen-bond acceptors (Lipinski definition) is 6. The third-order valence-electron chi connectivity index (χ3n) is 3.75. The third kappa shape index (κ3) is 5.84. The van der Waals surface area contributed by atoms with E-state index in [1.54, 1.807) is 36.4 Å². The van der Waals surface area contributed by atoms with Crippen molar-refractivity contribution in [2.24, 2.45) is 0 Å². The number of anilines is 1. The van der Waals surface area contributed by atoms with Crippen LogP contribution in [-0.2, 0) is 9.53 Å². The summed E-state index contributed by atoms with van der Waals surface area (Å²) in [5.74, 6) is -0.336. The molecule has 148 valence electrons. The number of benzene rings is 2. The Balaban J connectivity index is 1.95. The highest BCUT2D eigenvalue weighted by atomic mass is 16.5. The van der Waals surface area contributed by atoms with Crippen LogP contribution < -0.4 is 14.8 Å². The fraction of sp³-hybridized carbons (Fsp3) is 0.286. The largest absolute Gasteiger partial charge is 0.493 e. The van der Waals surface area contributed by atoms with Gasteiger partial charge in [-0.15, -0.1) is 0 Å². The summed E-state index contributed by atoms with van der Waals surface area (Å²) in [5.41, 5.74) is 1.17. The van der Waals surface area contributed by atoms with Crippen LogP contribution in [0, 0.1) is 0 Å². The average Bonchev–Trinajstić information content (AvgIpc) is 2.70. The van der Waals surface area contributed by atoms with E-state index in [0.29, 0.717) is 29.4 Å². The minimum absolute atomic E-state index is 0.108. The summed E-state index contributed by atoms with van der Waals surface area (Å²) in [5, 5.41) is 2.59. The first kappa shape index (κ1) is 21.0. The molecule has 0 radical (unpaired) electrons. The lowest BCUT2D eigenvalue weighted by molar-refractivity contribution is -0.119. The number of amides is 1. The van der Waals surface area contributed by atoms with Crippen molar-refractivity contribution in [1.82, 2.24) is 0 Å². The molecule has 28 heavy (non-hydrogen) atoms. The zero-order valence-corrected chi connectivity index (χ0v) is 16.1. The van der Waals surface area contributed by atoms with Crippen molar-refractivity contribution >= 4 is 23.3 Å². The van der Waals surface area contributed by atoms with E-state index in [9.17, 15) is 14.4 Å². The Kier molecular flexibility index (Phi) is 7.56. The molecule has 1 amide bonds. The molecule has 2 aromatic carbocycles. The van der Waals surface area contributed by atoms with Crippen molar-refractivity contribution in [3.8, 4) is 11.5 Å². The van der Waals surface area contributed by atoms with Crippen LogP contribution in [-0.4, -0.2) is 38.0 Å². The van der Waals surface area contributed by atoms with Crippen LogP contribution in [0.3, 0.4) is 0 Å². The number of rotatable bonds is 9. The van der Waals surface area contributed by atoms with Gasteiger partial charge in [-0.3, -0.25) is 9.59 Å². The van der Waals surface area contributed by atoms with E-state index in [1.807, 2.05) is 6.92 Å². The van der Waals surface area contributed by atoms with Crippen molar-refractivity contribution < 1.29 is 28.6 Å². The number of carbonyl (C=O) groups is 3. The molecule has 0 saturated heterocycles. The number of esters is 1. The molecule has 0 heterocycles. The Morgan fingerprint density at radius 3 is 2.46 bits per heavy atom. The summed E-state index contributed by atoms with van der Waals surface area (Å²) < 4.78 is 15.8. The molecule has 2 rings (SSSR count). The van der Waals surface area contributed by atoms with Crippen LogP contribution in [0.5, 0.6) is 11.5 Å². The normalized spacial score (nSPS) is 10.1. The fourth-order valence-corrected chi connectivity index (χ4v) is 2.35. The second-order valence-electron chi connectivity index (χ2n) is 5.98. The Bertz CT molecular complexity index is 862. The molecule has 2 aromatic rings. The number of hydrogen-bond donors (Lipinski definition) is 1. The number of ketones is 1. The number of ether oxygens (including phenoxy) is 3. The predicted octanol–water partition coefficient (Wildman–Crippen LogP) is 3.48. The van der Waals surface area contributed by atoms with Crippen LogP contribution in [0.15, 0.2) is 42.5 Å². The van der Waals surface area contributed by atoms with E-state index in [2.05, 4.69) is 5.32 Å². The molecule has 0 aliphatic carbocycles. The molecule has 0 saturated carbocycles. The Morgan fingerprint density at radius 1 is 1.00 bits per heavy atom. The summed E-state index contributed by atoms with van der Waals surface area (Å²) in [6, 6.07) is 11.2. The lowest BCUT2D eigenvalue weighted by Crippen LogP contribution is -2.21. The monoisotopic (exact) mass is 385 g/mol. The molecule has 7 heteroatoms. The van der Waals surface area contributed by atoms with Gasteiger partial charge in [0.2, 0.25) is 0 Å². The van der Waals surface area contributed by atoms with E-state index in [1.165, 1.54) is 20.1 Å². The SMILES string of the molecule is CCCOc1ccc(C(=O)OCC(=O)Nc2cccc(C(C)=O)c2)cc1OC. The lowest BCUT2D eigenvalue weighted by Gasteiger charge is -2.11. The fourth-order valence-electron chi connectivity index (χ4n) is 2.35. The zero-order valence-electron chi connectivity index (χ0n) is 16.1. The topological polar surface area (TPSA) is 90.9 Å². The first-order valence-corrected chi connectivity index (χ1v) is 8.83. The second-order valence-corrected chi connectivity index (χ2v) is 5.98. The van der Waals surface area contributed by atoms with E-state index < -0.39 is 18.5 Å². The van der Waals surface area contributed by atoms with Crippen LogP contribution in [0.2, 0.25) is 0 Å². The molecule has 0 atom stereocenters. The van der Waals surface area contributed by atoms with Crippen molar-refractivity contribution in [3.05, 3.63) is 53.6 Å². The van der Waals surface area contributed by atoms with Gasteiger partial charge in [-0.25, -0.2) is 4.79 Å². The van der Waals surface area contributed by atoms with Gasteiger partial charge in [0.25, 0.3) is 5.91 Å². The Hall–Kier alpha value is -3.35. The number of nitrogens with one attached hydrogen (secondary N) is 1. The van der Waals surface area contributed by atoms with Gasteiger partial charge in [0.05, 0.1) is 19.3 Å². The summed E-state index contributed by atoms with van der Waals surface area (Å²) in [6.45, 7) is 3.50. The molecule has 7 nitrogen and oxygen atoms in total. The van der Waals surface area contributed by atoms with Gasteiger partial charge in [0.1, 0.15) is 0 Å². The van der Waals surface area contributed by atoms with Crippen molar-refractivity contribution in [1.29, 1.82) is 0 Å². The summed E-state index contributed by atoms with van der Waals surface area (Å²) in [4.78, 5) is 35.6. The van der Waals surface area contributed by atoms with Gasteiger partial charge in [0, 0.05) is 11.3 Å². The molecule has 0 aromatic heterocycles. The first-order valence-electron chi connectivity index (χ1n) is 8.83. The quantitative estimate of drug-likeness (QED) is 0.525. The van der Waals surface area contributed by atoms with Gasteiger partial charge in [-0.2, -0.15) is 0 Å². The maximum absolute atomic E-state index is 12.2. The highest BCUT2D eigenvalue weighted by molar-refractivity contribution is 5.98. The molecule has 0 aliphatic heterocycles. The number of carbonyl (C=O) groups excluding carboxylic acids is 3. The van der Waals surface area contributed by atoms with Crippen molar-refractivity contribution in [3.63, 3.8) is 0 Å². The molecule has 1 N–H and O–H groups in total. The van der Waals surface area contributed by atoms with Crippen LogP contribution >= 0.6 is 0 Å². The minimum atomic E-state index is -0.659. The zero-order chi connectivity index (χ0) is 20.5. The highest BCUT2D eigenvalue weighted by Crippen LogP contribution is 2.28. The van der Waals surface area contributed by atoms with Gasteiger partial charge < -0.3 is 19.5 Å². The Labute approximate surface area is 163 Å². The van der Waals surface area contributed by atoms with Crippen LogP contribution in [0.25, 0.3) is 0 Å².